The SMILES string of the molecule is c1ccc(C(c2ccccc2)[C@H]2C[C@@H](OC(=NC3CCCCC3)NC3CCCCC3)CN2)cc1. The predicted octanol–water partition coefficient (Wildman–Crippen LogP) is 6.18. The van der Waals surface area contributed by atoms with E-state index in [9.17, 15) is 0 Å². The van der Waals surface area contributed by atoms with Crippen molar-refractivity contribution < 1.29 is 4.74 Å². The molecular weight excluding hydrogens is 418 g/mol. The van der Waals surface area contributed by atoms with Crippen LogP contribution in [0.5, 0.6) is 0 Å². The lowest BCUT2D eigenvalue weighted by Gasteiger charge is -2.28. The molecule has 0 amide bonds. The highest BCUT2D eigenvalue weighted by Crippen LogP contribution is 2.33. The topological polar surface area (TPSA) is 45.6 Å². The molecule has 2 aliphatic carbocycles. The van der Waals surface area contributed by atoms with E-state index in [4.69, 9.17) is 9.73 Å². The molecule has 2 saturated carbocycles. The Bertz CT molecular complexity index is 848. The third kappa shape index (κ3) is 6.21. The normalized spacial score (nSPS) is 24.9. The van der Waals surface area contributed by atoms with Crippen LogP contribution in [0.1, 0.15) is 87.7 Å². The van der Waals surface area contributed by atoms with Gasteiger partial charge in [0, 0.05) is 31.0 Å². The zero-order valence-corrected chi connectivity index (χ0v) is 20.5. The molecule has 0 radical (unpaired) electrons. The fourth-order valence-corrected chi connectivity index (χ4v) is 6.11. The van der Waals surface area contributed by atoms with Gasteiger partial charge in [-0.15, -0.1) is 0 Å². The lowest BCUT2D eigenvalue weighted by Crippen LogP contribution is -2.40. The first-order valence-corrected chi connectivity index (χ1v) is 13.7. The molecule has 5 rings (SSSR count). The van der Waals surface area contributed by atoms with Crippen LogP contribution in [0.25, 0.3) is 0 Å². The van der Waals surface area contributed by atoms with Gasteiger partial charge in [0.1, 0.15) is 6.10 Å². The van der Waals surface area contributed by atoms with Crippen LogP contribution in [0.2, 0.25) is 0 Å². The first-order chi connectivity index (χ1) is 16.8. The Morgan fingerprint density at radius 2 is 1.38 bits per heavy atom. The molecule has 0 unspecified atom stereocenters. The van der Waals surface area contributed by atoms with Crippen LogP contribution in [0.15, 0.2) is 65.7 Å². The molecule has 3 fully saturated rings. The number of ether oxygens (including phenoxy) is 1. The summed E-state index contributed by atoms with van der Waals surface area (Å²) in [6.07, 6.45) is 14.0. The van der Waals surface area contributed by atoms with Crippen LogP contribution < -0.4 is 10.6 Å². The Morgan fingerprint density at radius 1 is 0.794 bits per heavy atom. The van der Waals surface area contributed by atoms with Gasteiger partial charge in [0.15, 0.2) is 0 Å². The van der Waals surface area contributed by atoms with Crippen LogP contribution in [0.4, 0.5) is 0 Å². The maximum absolute atomic E-state index is 6.65. The number of hydrogen-bond donors (Lipinski definition) is 2. The Labute approximate surface area is 205 Å². The predicted molar refractivity (Wildman–Crippen MR) is 140 cm³/mol. The third-order valence-corrected chi connectivity index (χ3v) is 7.93. The van der Waals surface area contributed by atoms with Gasteiger partial charge in [-0.2, -0.15) is 0 Å². The second kappa shape index (κ2) is 11.9. The van der Waals surface area contributed by atoms with Crippen molar-refractivity contribution in [2.45, 2.75) is 101 Å². The zero-order chi connectivity index (χ0) is 23.0. The molecule has 2 aromatic carbocycles. The summed E-state index contributed by atoms with van der Waals surface area (Å²) in [6, 6.07) is 23.9. The highest BCUT2D eigenvalue weighted by atomic mass is 16.5. The van der Waals surface area contributed by atoms with Crippen LogP contribution in [0.3, 0.4) is 0 Å². The van der Waals surface area contributed by atoms with Crippen molar-refractivity contribution in [3.05, 3.63) is 71.8 Å². The lowest BCUT2D eigenvalue weighted by molar-refractivity contribution is 0.186. The summed E-state index contributed by atoms with van der Waals surface area (Å²) >= 11 is 0. The van der Waals surface area contributed by atoms with Gasteiger partial charge in [-0.25, -0.2) is 4.99 Å². The molecule has 1 aliphatic heterocycles. The Balaban J connectivity index is 1.29. The van der Waals surface area contributed by atoms with E-state index in [-0.39, 0.29) is 6.10 Å². The van der Waals surface area contributed by atoms with Gasteiger partial charge < -0.3 is 15.4 Å². The molecule has 0 spiro atoms. The van der Waals surface area contributed by atoms with Crippen molar-refractivity contribution >= 4 is 6.02 Å². The summed E-state index contributed by atoms with van der Waals surface area (Å²) in [5.41, 5.74) is 2.73. The van der Waals surface area contributed by atoms with Gasteiger partial charge in [-0.3, -0.25) is 0 Å². The zero-order valence-electron chi connectivity index (χ0n) is 20.5. The summed E-state index contributed by atoms with van der Waals surface area (Å²) in [7, 11) is 0. The number of nitrogens with one attached hydrogen (secondary N) is 2. The Hall–Kier alpha value is -2.33. The molecule has 2 N–H and O–H groups in total. The van der Waals surface area contributed by atoms with Crippen molar-refractivity contribution in [1.29, 1.82) is 0 Å². The van der Waals surface area contributed by atoms with Crippen LogP contribution in [0, 0.1) is 0 Å². The fourth-order valence-electron chi connectivity index (χ4n) is 6.11. The van der Waals surface area contributed by atoms with E-state index in [0.29, 0.717) is 24.0 Å². The second-order valence-corrected chi connectivity index (χ2v) is 10.5. The first kappa shape index (κ1) is 23.4. The lowest BCUT2D eigenvalue weighted by atomic mass is 9.84. The molecule has 2 aromatic rings. The molecule has 0 bridgehead atoms. The molecule has 1 saturated heterocycles. The highest BCUT2D eigenvalue weighted by molar-refractivity contribution is 5.74. The number of aliphatic imine (C=N–C) groups is 1. The van der Waals surface area contributed by atoms with Gasteiger partial charge in [0.2, 0.25) is 0 Å². The highest BCUT2D eigenvalue weighted by Gasteiger charge is 2.34. The summed E-state index contributed by atoms with van der Waals surface area (Å²) in [4.78, 5) is 5.13. The summed E-state index contributed by atoms with van der Waals surface area (Å²) < 4.78 is 6.65. The maximum Gasteiger partial charge on any atom is 0.285 e. The smallest absolute Gasteiger partial charge is 0.285 e. The number of benzene rings is 2. The standard InChI is InChI=1S/C30H41N3O/c1-5-13-23(14-6-1)29(24-15-7-2-8-16-24)28-21-27(22-31-28)34-30(32-25-17-9-3-10-18-25)33-26-19-11-4-12-20-26/h1-2,5-8,13-16,25-29,31H,3-4,9-12,17-22H2,(H,32,33)/t27-,28-/m1/s1. The van der Waals surface area contributed by atoms with E-state index in [1.165, 1.54) is 75.3 Å². The quantitative estimate of drug-likeness (QED) is 0.401. The molecule has 182 valence electrons. The van der Waals surface area contributed by atoms with E-state index in [0.717, 1.165) is 19.0 Å². The third-order valence-electron chi connectivity index (χ3n) is 7.93. The van der Waals surface area contributed by atoms with E-state index in [1.54, 1.807) is 0 Å². The van der Waals surface area contributed by atoms with E-state index >= 15 is 0 Å². The number of amidine groups is 1. The Kier molecular flexibility index (Phi) is 8.18. The Morgan fingerprint density at radius 3 is 2.00 bits per heavy atom. The van der Waals surface area contributed by atoms with Gasteiger partial charge in [0.05, 0.1) is 6.04 Å². The maximum atomic E-state index is 6.65. The molecule has 4 nitrogen and oxygen atoms in total. The van der Waals surface area contributed by atoms with Crippen molar-refractivity contribution in [2.24, 2.45) is 4.99 Å². The van der Waals surface area contributed by atoms with Crippen molar-refractivity contribution in [1.82, 2.24) is 10.6 Å². The minimum atomic E-state index is 0.151. The minimum absolute atomic E-state index is 0.151. The van der Waals surface area contributed by atoms with E-state index in [1.807, 2.05) is 0 Å². The van der Waals surface area contributed by atoms with Gasteiger partial charge in [-0.1, -0.05) is 99.2 Å². The summed E-state index contributed by atoms with van der Waals surface area (Å²) in [6.45, 7) is 0.872. The van der Waals surface area contributed by atoms with Crippen LogP contribution in [-0.4, -0.2) is 36.8 Å². The molecule has 2 atom stereocenters. The van der Waals surface area contributed by atoms with Crippen molar-refractivity contribution in [3.8, 4) is 0 Å². The first-order valence-electron chi connectivity index (χ1n) is 13.7. The summed E-state index contributed by atoms with van der Waals surface area (Å²) in [5, 5.41) is 7.55. The molecular formula is C30H41N3O. The average Bonchev–Trinajstić information content (AvgIpc) is 3.34. The number of nitrogens with zero attached hydrogens (tertiary/aromatic N) is 1. The van der Waals surface area contributed by atoms with Gasteiger partial charge in [0.25, 0.3) is 6.02 Å². The molecule has 34 heavy (non-hydrogen) atoms. The van der Waals surface area contributed by atoms with Crippen LogP contribution >= 0.6 is 0 Å². The molecule has 4 heteroatoms. The molecule has 3 aliphatic rings. The average molecular weight is 460 g/mol. The molecule has 1 heterocycles. The fraction of sp³-hybridized carbons (Fsp3) is 0.567. The van der Waals surface area contributed by atoms with Gasteiger partial charge in [-0.05, 0) is 36.8 Å². The summed E-state index contributed by atoms with van der Waals surface area (Å²) in [5.74, 6) is 0.320. The second-order valence-electron chi connectivity index (χ2n) is 10.5. The monoisotopic (exact) mass is 459 g/mol. The van der Waals surface area contributed by atoms with Crippen LogP contribution in [-0.2, 0) is 4.74 Å². The van der Waals surface area contributed by atoms with Gasteiger partial charge >= 0.3 is 0 Å². The number of hydrogen-bond acceptors (Lipinski definition) is 3. The van der Waals surface area contributed by atoms with Crippen molar-refractivity contribution in [2.75, 3.05) is 6.54 Å². The molecule has 0 aromatic heterocycles. The minimum Gasteiger partial charge on any atom is -0.461 e. The van der Waals surface area contributed by atoms with E-state index in [2.05, 4.69) is 71.3 Å². The van der Waals surface area contributed by atoms with E-state index < -0.39 is 0 Å². The largest absolute Gasteiger partial charge is 0.461 e. The van der Waals surface area contributed by atoms with Crippen molar-refractivity contribution in [3.63, 3.8) is 0 Å². The number of rotatable bonds is 6.